The minimum atomic E-state index is -0.164. The Morgan fingerprint density at radius 3 is 2.65 bits per heavy atom. The molecule has 0 bridgehead atoms. The molecule has 0 aliphatic carbocycles. The Balaban J connectivity index is 2.86. The summed E-state index contributed by atoms with van der Waals surface area (Å²) in [5.74, 6) is 0.228. The van der Waals surface area contributed by atoms with Crippen molar-refractivity contribution in [1.82, 2.24) is 5.32 Å². The predicted octanol–water partition coefficient (Wildman–Crippen LogP) is 3.09. The van der Waals surface area contributed by atoms with Crippen LogP contribution >= 0.6 is 11.6 Å². The summed E-state index contributed by atoms with van der Waals surface area (Å²) < 4.78 is 0. The van der Waals surface area contributed by atoms with E-state index in [-0.39, 0.29) is 11.9 Å². The zero-order chi connectivity index (χ0) is 13.0. The van der Waals surface area contributed by atoms with Gasteiger partial charge in [-0.05, 0) is 30.5 Å². The maximum atomic E-state index is 12.0. The second kappa shape index (κ2) is 5.92. The molecular formula is C13H19ClN2O. The highest BCUT2D eigenvalue weighted by molar-refractivity contribution is 6.34. The second-order valence-corrected chi connectivity index (χ2v) is 4.88. The fraction of sp³-hybridized carbons (Fsp3) is 0.462. The summed E-state index contributed by atoms with van der Waals surface area (Å²) in [4.78, 5) is 12.0. The van der Waals surface area contributed by atoms with Crippen LogP contribution in [0.4, 0.5) is 5.69 Å². The fourth-order valence-corrected chi connectivity index (χ4v) is 1.91. The van der Waals surface area contributed by atoms with Gasteiger partial charge in [0.2, 0.25) is 0 Å². The number of nitrogens with one attached hydrogen (secondary N) is 1. The van der Waals surface area contributed by atoms with E-state index < -0.39 is 0 Å². The zero-order valence-electron chi connectivity index (χ0n) is 10.5. The number of nitrogens with two attached hydrogens (primary N) is 1. The van der Waals surface area contributed by atoms with E-state index in [0.29, 0.717) is 22.2 Å². The molecule has 3 N–H and O–H groups in total. The lowest BCUT2D eigenvalue weighted by atomic mass is 10.0. The zero-order valence-corrected chi connectivity index (χ0v) is 11.2. The van der Waals surface area contributed by atoms with E-state index >= 15 is 0 Å². The molecule has 1 aromatic carbocycles. The van der Waals surface area contributed by atoms with Gasteiger partial charge in [0.05, 0.1) is 10.6 Å². The van der Waals surface area contributed by atoms with Crippen LogP contribution in [0.3, 0.4) is 0 Å². The lowest BCUT2D eigenvalue weighted by Gasteiger charge is -2.21. The molecule has 0 aliphatic rings. The van der Waals surface area contributed by atoms with E-state index in [9.17, 15) is 4.79 Å². The molecule has 1 amide bonds. The van der Waals surface area contributed by atoms with Gasteiger partial charge in [0, 0.05) is 11.7 Å². The fourth-order valence-electron chi connectivity index (χ4n) is 1.70. The molecule has 0 heterocycles. The van der Waals surface area contributed by atoms with Crippen LogP contribution in [-0.4, -0.2) is 11.9 Å². The van der Waals surface area contributed by atoms with Crippen molar-refractivity contribution < 1.29 is 4.79 Å². The second-order valence-electron chi connectivity index (χ2n) is 4.47. The first-order valence-corrected chi connectivity index (χ1v) is 6.19. The number of anilines is 1. The van der Waals surface area contributed by atoms with Crippen molar-refractivity contribution in [3.63, 3.8) is 0 Å². The minimum Gasteiger partial charge on any atom is -0.399 e. The number of amides is 1. The van der Waals surface area contributed by atoms with Crippen LogP contribution in [0.25, 0.3) is 0 Å². The number of rotatable bonds is 4. The first-order chi connectivity index (χ1) is 7.95. The van der Waals surface area contributed by atoms with Crippen LogP contribution in [0.15, 0.2) is 18.2 Å². The summed E-state index contributed by atoms with van der Waals surface area (Å²) in [6.07, 6.45) is 0.892. The molecule has 0 saturated heterocycles. The average molecular weight is 255 g/mol. The van der Waals surface area contributed by atoms with Crippen LogP contribution in [0.5, 0.6) is 0 Å². The van der Waals surface area contributed by atoms with Crippen molar-refractivity contribution in [3.8, 4) is 0 Å². The Bertz CT molecular complexity index is 404. The molecule has 17 heavy (non-hydrogen) atoms. The Morgan fingerprint density at radius 2 is 2.12 bits per heavy atom. The van der Waals surface area contributed by atoms with E-state index in [2.05, 4.69) is 19.2 Å². The summed E-state index contributed by atoms with van der Waals surface area (Å²) in [6, 6.07) is 5.08. The third-order valence-electron chi connectivity index (χ3n) is 2.80. The summed E-state index contributed by atoms with van der Waals surface area (Å²) in [6.45, 7) is 6.21. The number of carbonyl (C=O) groups is 1. The molecule has 1 unspecified atom stereocenters. The highest BCUT2D eigenvalue weighted by atomic mass is 35.5. The van der Waals surface area contributed by atoms with Gasteiger partial charge < -0.3 is 11.1 Å². The first-order valence-electron chi connectivity index (χ1n) is 5.81. The van der Waals surface area contributed by atoms with Gasteiger partial charge in [-0.1, -0.05) is 32.4 Å². The molecule has 0 fully saturated rings. The Morgan fingerprint density at radius 1 is 1.47 bits per heavy atom. The maximum Gasteiger partial charge on any atom is 0.253 e. The molecule has 0 aliphatic heterocycles. The Hall–Kier alpha value is -1.22. The largest absolute Gasteiger partial charge is 0.399 e. The monoisotopic (exact) mass is 254 g/mol. The van der Waals surface area contributed by atoms with Gasteiger partial charge in [0.1, 0.15) is 0 Å². The number of halogens is 1. The van der Waals surface area contributed by atoms with Crippen LogP contribution in [-0.2, 0) is 0 Å². The molecule has 94 valence electrons. The third-order valence-corrected chi connectivity index (χ3v) is 3.13. The molecule has 3 nitrogen and oxygen atoms in total. The van der Waals surface area contributed by atoms with E-state index in [1.54, 1.807) is 18.2 Å². The standard InChI is InChI=1S/C13H19ClN2O/c1-4-12(8(2)3)16-13(17)10-7-9(15)5-6-11(10)14/h5-8,12H,4,15H2,1-3H3,(H,16,17). The molecular weight excluding hydrogens is 236 g/mol. The highest BCUT2D eigenvalue weighted by Crippen LogP contribution is 2.19. The lowest BCUT2D eigenvalue weighted by molar-refractivity contribution is 0.0925. The summed E-state index contributed by atoms with van der Waals surface area (Å²) in [5.41, 5.74) is 6.62. The van der Waals surface area contributed by atoms with Crippen LogP contribution in [0, 0.1) is 5.92 Å². The highest BCUT2D eigenvalue weighted by Gasteiger charge is 2.17. The normalized spacial score (nSPS) is 12.5. The number of hydrogen-bond acceptors (Lipinski definition) is 2. The molecule has 1 rings (SSSR count). The molecule has 0 radical (unpaired) electrons. The number of benzene rings is 1. The van der Waals surface area contributed by atoms with Crippen molar-refractivity contribution in [3.05, 3.63) is 28.8 Å². The molecule has 0 aromatic heterocycles. The van der Waals surface area contributed by atoms with E-state index in [0.717, 1.165) is 6.42 Å². The van der Waals surface area contributed by atoms with Crippen molar-refractivity contribution in [2.75, 3.05) is 5.73 Å². The summed E-state index contributed by atoms with van der Waals surface area (Å²) in [7, 11) is 0. The van der Waals surface area contributed by atoms with E-state index in [1.807, 2.05) is 6.92 Å². The topological polar surface area (TPSA) is 55.1 Å². The predicted molar refractivity (Wildman–Crippen MR) is 72.2 cm³/mol. The molecule has 1 aromatic rings. The van der Waals surface area contributed by atoms with Crippen LogP contribution in [0.1, 0.15) is 37.6 Å². The van der Waals surface area contributed by atoms with Crippen molar-refractivity contribution in [2.24, 2.45) is 5.92 Å². The van der Waals surface area contributed by atoms with Crippen molar-refractivity contribution >= 4 is 23.2 Å². The molecule has 1 atom stereocenters. The maximum absolute atomic E-state index is 12.0. The molecule has 0 spiro atoms. The molecule has 0 saturated carbocycles. The van der Waals surface area contributed by atoms with Gasteiger partial charge in [0.25, 0.3) is 5.91 Å². The lowest BCUT2D eigenvalue weighted by Crippen LogP contribution is -2.38. The van der Waals surface area contributed by atoms with Gasteiger partial charge in [-0.3, -0.25) is 4.79 Å². The minimum absolute atomic E-state index is 0.153. The van der Waals surface area contributed by atoms with Gasteiger partial charge >= 0.3 is 0 Å². The quantitative estimate of drug-likeness (QED) is 0.812. The van der Waals surface area contributed by atoms with Gasteiger partial charge in [-0.15, -0.1) is 0 Å². The number of nitrogen functional groups attached to an aromatic ring is 1. The van der Waals surface area contributed by atoms with Gasteiger partial charge in [0.15, 0.2) is 0 Å². The number of hydrogen-bond donors (Lipinski definition) is 2. The van der Waals surface area contributed by atoms with E-state index in [1.165, 1.54) is 0 Å². The van der Waals surface area contributed by atoms with Gasteiger partial charge in [-0.25, -0.2) is 0 Å². The van der Waals surface area contributed by atoms with E-state index in [4.69, 9.17) is 17.3 Å². The number of carbonyl (C=O) groups excluding carboxylic acids is 1. The van der Waals surface area contributed by atoms with Crippen LogP contribution < -0.4 is 11.1 Å². The summed E-state index contributed by atoms with van der Waals surface area (Å²) >= 11 is 5.98. The van der Waals surface area contributed by atoms with Crippen LogP contribution in [0.2, 0.25) is 5.02 Å². The first kappa shape index (κ1) is 13.8. The van der Waals surface area contributed by atoms with Crippen molar-refractivity contribution in [1.29, 1.82) is 0 Å². The average Bonchev–Trinajstić information content (AvgIpc) is 2.28. The summed E-state index contributed by atoms with van der Waals surface area (Å²) in [5, 5.41) is 3.40. The molecule has 4 heteroatoms. The van der Waals surface area contributed by atoms with Gasteiger partial charge in [-0.2, -0.15) is 0 Å². The Kier molecular flexibility index (Phi) is 4.82. The SMILES string of the molecule is CCC(NC(=O)c1cc(N)ccc1Cl)C(C)C. The smallest absolute Gasteiger partial charge is 0.253 e. The van der Waals surface area contributed by atoms with Crippen molar-refractivity contribution in [2.45, 2.75) is 33.2 Å². The Labute approximate surface area is 107 Å². The third kappa shape index (κ3) is 3.63.